The number of hydrogen-bond acceptors (Lipinski definition) is 4. The van der Waals surface area contributed by atoms with Gasteiger partial charge in [-0.25, -0.2) is 0 Å². The summed E-state index contributed by atoms with van der Waals surface area (Å²) in [5.41, 5.74) is 5.30. The molecule has 1 aromatic heterocycles. The fourth-order valence-electron chi connectivity index (χ4n) is 7.68. The van der Waals surface area contributed by atoms with Crippen LogP contribution in [0.4, 0.5) is 0 Å². The lowest BCUT2D eigenvalue weighted by atomic mass is 9.71. The Morgan fingerprint density at radius 1 is 0.826 bits per heavy atom. The highest BCUT2D eigenvalue weighted by molar-refractivity contribution is 5.82. The number of aliphatic hydroxyl groups excluding tert-OH is 1. The van der Waals surface area contributed by atoms with Crippen LogP contribution in [0.25, 0.3) is 10.9 Å². The minimum Gasteiger partial charge on any atom is -1.00 e. The molecular formula is C40H41BrN2O3. The molecule has 6 heteroatoms. The maximum atomic E-state index is 12.1. The van der Waals surface area contributed by atoms with Crippen LogP contribution in [0.2, 0.25) is 0 Å². The van der Waals surface area contributed by atoms with Gasteiger partial charge in [0.25, 0.3) is 0 Å². The van der Waals surface area contributed by atoms with Gasteiger partial charge in [-0.15, -0.1) is 6.58 Å². The van der Waals surface area contributed by atoms with Crippen LogP contribution in [-0.2, 0) is 19.8 Å². The van der Waals surface area contributed by atoms with Crippen molar-refractivity contribution in [2.75, 3.05) is 13.1 Å². The number of pyridine rings is 1. The third-order valence-corrected chi connectivity index (χ3v) is 10.0. The topological polar surface area (TPSA) is 51.6 Å². The van der Waals surface area contributed by atoms with Crippen LogP contribution in [0.3, 0.4) is 0 Å². The van der Waals surface area contributed by atoms with Crippen molar-refractivity contribution in [2.45, 2.75) is 44.7 Å². The molecule has 5 nitrogen and oxygen atoms in total. The molecule has 3 aliphatic heterocycles. The quantitative estimate of drug-likeness (QED) is 0.157. The van der Waals surface area contributed by atoms with E-state index in [-0.39, 0.29) is 23.0 Å². The van der Waals surface area contributed by atoms with Crippen molar-refractivity contribution in [3.63, 3.8) is 0 Å². The molecule has 3 aliphatic rings. The van der Waals surface area contributed by atoms with Gasteiger partial charge in [0.15, 0.2) is 11.5 Å². The Balaban J connectivity index is 0.00000372. The molecule has 2 bridgehead atoms. The molecule has 4 heterocycles. The van der Waals surface area contributed by atoms with Crippen molar-refractivity contribution in [3.8, 4) is 11.5 Å². The highest BCUT2D eigenvalue weighted by Gasteiger charge is 2.54. The van der Waals surface area contributed by atoms with E-state index in [2.05, 4.69) is 66.2 Å². The standard InChI is InChI=1S/C40H41N2O3.BrH/c1-2-32-26-42(22-20-33(32)24-37(42)40(43)35-19-21-41-36-16-10-9-15-34(35)36)25-31-17-18-38(44-27-29-11-5-3-6-12-29)39(23-31)45-28-30-13-7-4-8-14-30;/h2-19,21,23,32-33,37,40,43H,1,20,22,24-28H2;1H/q+1;/p-1/t32-,33-,37+,40-,42?;/m0./s1. The normalized spacial score (nSPS) is 22.5. The number of fused-ring (bicyclic) bond motifs is 4. The summed E-state index contributed by atoms with van der Waals surface area (Å²) < 4.78 is 13.6. The molecule has 1 N–H and O–H groups in total. The summed E-state index contributed by atoms with van der Waals surface area (Å²) in [4.78, 5) is 4.56. The van der Waals surface area contributed by atoms with E-state index in [0.717, 1.165) is 76.1 Å². The van der Waals surface area contributed by atoms with E-state index >= 15 is 0 Å². The smallest absolute Gasteiger partial charge is 0.162 e. The lowest BCUT2D eigenvalue weighted by Crippen LogP contribution is -3.00. The first-order chi connectivity index (χ1) is 22.1. The SMILES string of the molecule is C=C[C@H]1C[N+]2(Cc3ccc(OCc4ccccc4)c(OCc4ccccc4)c3)CC[C@H]1C[C@@H]2[C@@H](O)c1ccnc2ccccc12.[Br-]. The van der Waals surface area contributed by atoms with Crippen LogP contribution < -0.4 is 26.5 Å². The summed E-state index contributed by atoms with van der Waals surface area (Å²) in [6.07, 6.45) is 5.51. The zero-order valence-corrected chi connectivity index (χ0v) is 27.6. The summed E-state index contributed by atoms with van der Waals surface area (Å²) in [7, 11) is 0. The Morgan fingerprint density at radius 2 is 1.50 bits per heavy atom. The van der Waals surface area contributed by atoms with Gasteiger partial charge in [0, 0.05) is 35.9 Å². The zero-order valence-electron chi connectivity index (χ0n) is 26.0. The van der Waals surface area contributed by atoms with Crippen LogP contribution >= 0.6 is 0 Å². The van der Waals surface area contributed by atoms with Crippen molar-refractivity contribution in [2.24, 2.45) is 11.8 Å². The van der Waals surface area contributed by atoms with Gasteiger partial charge in [0.2, 0.25) is 0 Å². The van der Waals surface area contributed by atoms with Gasteiger partial charge in [0.1, 0.15) is 31.9 Å². The first kappa shape index (κ1) is 32.0. The van der Waals surface area contributed by atoms with Crippen molar-refractivity contribution >= 4 is 10.9 Å². The third-order valence-electron chi connectivity index (χ3n) is 10.0. The number of aliphatic hydroxyl groups is 1. The van der Waals surface area contributed by atoms with Crippen molar-refractivity contribution in [1.29, 1.82) is 0 Å². The number of hydrogen-bond donors (Lipinski definition) is 1. The molecule has 5 aromatic rings. The van der Waals surface area contributed by atoms with E-state index in [1.54, 1.807) is 0 Å². The lowest BCUT2D eigenvalue weighted by molar-refractivity contribution is -0.984. The predicted octanol–water partition coefficient (Wildman–Crippen LogP) is 5.04. The van der Waals surface area contributed by atoms with E-state index in [4.69, 9.17) is 9.47 Å². The van der Waals surface area contributed by atoms with Crippen molar-refractivity contribution < 1.29 is 36.0 Å². The average molecular weight is 678 g/mol. The number of nitrogens with zero attached hydrogens (tertiary/aromatic N) is 2. The Morgan fingerprint density at radius 3 is 2.22 bits per heavy atom. The number of para-hydroxylation sites is 1. The van der Waals surface area contributed by atoms with E-state index in [1.807, 2.05) is 66.9 Å². The Labute approximate surface area is 282 Å². The van der Waals surface area contributed by atoms with Gasteiger partial charge < -0.3 is 36.0 Å². The van der Waals surface area contributed by atoms with Crippen LogP contribution in [0.1, 0.15) is 41.2 Å². The Hall–Kier alpha value is -3.97. The molecule has 46 heavy (non-hydrogen) atoms. The lowest BCUT2D eigenvalue weighted by Gasteiger charge is -2.58. The zero-order chi connectivity index (χ0) is 30.6. The maximum Gasteiger partial charge on any atom is 0.162 e. The molecule has 3 saturated heterocycles. The van der Waals surface area contributed by atoms with Crippen LogP contribution in [0, 0.1) is 11.8 Å². The largest absolute Gasteiger partial charge is 1.00 e. The Kier molecular flexibility index (Phi) is 9.88. The average Bonchev–Trinajstić information content (AvgIpc) is 3.10. The second-order valence-corrected chi connectivity index (χ2v) is 12.7. The monoisotopic (exact) mass is 676 g/mol. The van der Waals surface area contributed by atoms with Gasteiger partial charge in [-0.2, -0.15) is 0 Å². The van der Waals surface area contributed by atoms with E-state index in [1.165, 1.54) is 5.56 Å². The number of quaternary nitrogens is 1. The highest BCUT2D eigenvalue weighted by atomic mass is 79.9. The molecule has 1 unspecified atom stereocenters. The first-order valence-electron chi connectivity index (χ1n) is 16.1. The summed E-state index contributed by atoms with van der Waals surface area (Å²) in [6, 6.07) is 37.1. The summed E-state index contributed by atoms with van der Waals surface area (Å²) in [6.45, 7) is 7.97. The number of halogens is 1. The molecule has 8 rings (SSSR count). The predicted molar refractivity (Wildman–Crippen MR) is 179 cm³/mol. The molecule has 5 atom stereocenters. The minimum absolute atomic E-state index is 0. The molecule has 0 amide bonds. The van der Waals surface area contributed by atoms with E-state index in [0.29, 0.717) is 25.0 Å². The number of aromatic nitrogens is 1. The van der Waals surface area contributed by atoms with E-state index < -0.39 is 6.10 Å². The van der Waals surface area contributed by atoms with Crippen LogP contribution in [0.15, 0.2) is 128 Å². The molecular weight excluding hydrogens is 636 g/mol. The van der Waals surface area contributed by atoms with Crippen LogP contribution in [-0.4, -0.2) is 33.7 Å². The summed E-state index contributed by atoms with van der Waals surface area (Å²) in [5, 5.41) is 13.2. The minimum atomic E-state index is -0.589. The summed E-state index contributed by atoms with van der Waals surface area (Å²) >= 11 is 0. The van der Waals surface area contributed by atoms with Gasteiger partial charge >= 0.3 is 0 Å². The molecule has 0 radical (unpaired) electrons. The fourth-order valence-corrected chi connectivity index (χ4v) is 7.68. The maximum absolute atomic E-state index is 12.1. The molecule has 4 aromatic carbocycles. The Bertz CT molecular complexity index is 1760. The molecule has 0 spiro atoms. The molecule has 236 valence electrons. The van der Waals surface area contributed by atoms with Gasteiger partial charge in [0.05, 0.1) is 18.6 Å². The number of piperidine rings is 3. The number of ether oxygens (including phenoxy) is 2. The molecule has 0 saturated carbocycles. The van der Waals surface area contributed by atoms with Gasteiger partial charge in [-0.1, -0.05) is 84.9 Å². The van der Waals surface area contributed by atoms with Crippen molar-refractivity contribution in [1.82, 2.24) is 4.98 Å². The molecule has 0 aliphatic carbocycles. The van der Waals surface area contributed by atoms with Crippen molar-refractivity contribution in [3.05, 3.63) is 150 Å². The summed E-state index contributed by atoms with van der Waals surface area (Å²) in [5.74, 6) is 2.47. The van der Waals surface area contributed by atoms with Gasteiger partial charge in [-0.05, 0) is 52.9 Å². The number of benzene rings is 4. The van der Waals surface area contributed by atoms with E-state index in [9.17, 15) is 5.11 Å². The second-order valence-electron chi connectivity index (χ2n) is 12.7. The number of rotatable bonds is 11. The van der Waals surface area contributed by atoms with Gasteiger partial charge in [-0.3, -0.25) is 4.98 Å². The third kappa shape index (κ3) is 6.61. The fraction of sp³-hybridized carbons (Fsp3) is 0.275. The molecule has 3 fully saturated rings. The first-order valence-corrected chi connectivity index (χ1v) is 16.1. The van der Waals surface area contributed by atoms with Crippen LogP contribution in [0.5, 0.6) is 11.5 Å². The second kappa shape index (κ2) is 14.2. The highest BCUT2D eigenvalue weighted by Crippen LogP contribution is 2.48.